The molecule has 2 heterocycles. The van der Waals surface area contributed by atoms with Gasteiger partial charge in [0.05, 0.1) is 5.92 Å². The van der Waals surface area contributed by atoms with Gasteiger partial charge in [0.15, 0.2) is 0 Å². The van der Waals surface area contributed by atoms with Gasteiger partial charge < -0.3 is 9.97 Å². The largest absolute Gasteiger partial charge is 2.00 e. The van der Waals surface area contributed by atoms with E-state index in [9.17, 15) is 0 Å². The van der Waals surface area contributed by atoms with E-state index in [2.05, 4.69) is 60.7 Å². The van der Waals surface area contributed by atoms with Crippen LogP contribution < -0.4 is 0 Å². The van der Waals surface area contributed by atoms with Crippen molar-refractivity contribution in [2.24, 2.45) is 0 Å². The smallest absolute Gasteiger partial charge is 0.300 e. The molecule has 5 rings (SSSR count). The van der Waals surface area contributed by atoms with E-state index < -0.39 is 0 Å². The van der Waals surface area contributed by atoms with Gasteiger partial charge in [-0.05, 0) is 29.1 Å². The molecule has 0 aliphatic carbocycles. The SMILES string of the molecule is [Pt+2].[c-]1ccccc1-c1cccc(C(c2ccccc2)c2cccc(-c3[c-]cccc3)n2)n1. The van der Waals surface area contributed by atoms with Crippen LogP contribution in [0.25, 0.3) is 22.5 Å². The van der Waals surface area contributed by atoms with E-state index in [4.69, 9.17) is 9.97 Å². The van der Waals surface area contributed by atoms with Crippen LogP contribution in [-0.4, -0.2) is 9.97 Å². The third-order valence-corrected chi connectivity index (χ3v) is 5.24. The third kappa shape index (κ3) is 4.77. The fourth-order valence-corrected chi connectivity index (χ4v) is 3.77. The van der Waals surface area contributed by atoms with Gasteiger partial charge >= 0.3 is 21.1 Å². The Morgan fingerprint density at radius 1 is 0.500 bits per heavy atom. The zero-order valence-electron chi connectivity index (χ0n) is 17.3. The van der Waals surface area contributed by atoms with Crippen molar-refractivity contribution in [3.8, 4) is 22.5 Å². The molecule has 2 aromatic heterocycles. The van der Waals surface area contributed by atoms with E-state index >= 15 is 0 Å². The standard InChI is InChI=1S/C29H20N2.Pt/c1-4-12-22(13-5-1)25-18-10-20-27(30-25)29(24-16-8-3-9-17-24)28-21-11-19-26(31-28)23-14-6-2-7-15-23;/h1-12,14,16-21,29H;/q-2;+2. The Kier molecular flexibility index (Phi) is 7.04. The van der Waals surface area contributed by atoms with Crippen LogP contribution in [0.3, 0.4) is 0 Å². The summed E-state index contributed by atoms with van der Waals surface area (Å²) in [6.07, 6.45) is 0. The molecule has 0 bridgehead atoms. The molecular formula is C29H20N2Pt. The predicted molar refractivity (Wildman–Crippen MR) is 124 cm³/mol. The van der Waals surface area contributed by atoms with Gasteiger partial charge in [0, 0.05) is 11.4 Å². The molecule has 0 spiro atoms. The van der Waals surface area contributed by atoms with Gasteiger partial charge in [-0.2, -0.15) is 0 Å². The Hall–Kier alpha value is -3.35. The molecule has 2 nitrogen and oxygen atoms in total. The normalized spacial score (nSPS) is 10.5. The summed E-state index contributed by atoms with van der Waals surface area (Å²) >= 11 is 0. The summed E-state index contributed by atoms with van der Waals surface area (Å²) in [5.41, 5.74) is 6.86. The molecule has 0 saturated heterocycles. The molecule has 3 heteroatoms. The first-order chi connectivity index (χ1) is 15.4. The minimum atomic E-state index is -0.0754. The molecule has 0 aliphatic heterocycles. The Balaban J connectivity index is 0.00000245. The fraction of sp³-hybridized carbons (Fsp3) is 0.0345. The molecule has 156 valence electrons. The van der Waals surface area contributed by atoms with Gasteiger partial charge in [-0.15, -0.1) is 71.8 Å². The average molecular weight is 592 g/mol. The van der Waals surface area contributed by atoms with Crippen LogP contribution in [0.4, 0.5) is 0 Å². The Morgan fingerprint density at radius 3 is 1.47 bits per heavy atom. The van der Waals surface area contributed by atoms with Crippen LogP contribution in [0.2, 0.25) is 0 Å². The van der Waals surface area contributed by atoms with Crippen molar-refractivity contribution in [3.63, 3.8) is 0 Å². The Bertz CT molecular complexity index is 1190. The van der Waals surface area contributed by atoms with Crippen molar-refractivity contribution in [3.05, 3.63) is 144 Å². The van der Waals surface area contributed by atoms with Gasteiger partial charge in [-0.3, -0.25) is 0 Å². The van der Waals surface area contributed by atoms with Crippen molar-refractivity contribution in [1.29, 1.82) is 0 Å². The van der Waals surface area contributed by atoms with Gasteiger partial charge in [0.1, 0.15) is 0 Å². The number of aromatic nitrogens is 2. The number of hydrogen-bond donors (Lipinski definition) is 0. The van der Waals surface area contributed by atoms with Crippen molar-refractivity contribution >= 4 is 0 Å². The zero-order valence-corrected chi connectivity index (χ0v) is 19.5. The summed E-state index contributed by atoms with van der Waals surface area (Å²) < 4.78 is 0. The van der Waals surface area contributed by atoms with E-state index in [1.807, 2.05) is 66.7 Å². The Morgan fingerprint density at radius 2 is 1.00 bits per heavy atom. The van der Waals surface area contributed by atoms with Crippen LogP contribution in [0, 0.1) is 12.1 Å². The summed E-state index contributed by atoms with van der Waals surface area (Å²) in [6, 6.07) is 45.2. The summed E-state index contributed by atoms with van der Waals surface area (Å²) in [7, 11) is 0. The molecule has 0 amide bonds. The monoisotopic (exact) mass is 591 g/mol. The minimum Gasteiger partial charge on any atom is -0.300 e. The molecule has 5 aromatic rings. The Labute approximate surface area is 203 Å². The number of pyridine rings is 2. The topological polar surface area (TPSA) is 25.8 Å². The molecule has 3 aromatic carbocycles. The molecule has 0 atom stereocenters. The number of benzene rings is 3. The van der Waals surface area contributed by atoms with E-state index in [-0.39, 0.29) is 27.0 Å². The second-order valence-corrected chi connectivity index (χ2v) is 7.29. The molecule has 0 radical (unpaired) electrons. The first kappa shape index (κ1) is 21.9. The van der Waals surface area contributed by atoms with Gasteiger partial charge in [0.25, 0.3) is 0 Å². The summed E-state index contributed by atoms with van der Waals surface area (Å²) in [4.78, 5) is 10.0. The van der Waals surface area contributed by atoms with Crippen molar-refractivity contribution < 1.29 is 21.1 Å². The van der Waals surface area contributed by atoms with E-state index in [1.54, 1.807) is 0 Å². The second kappa shape index (κ2) is 10.3. The zero-order chi connectivity index (χ0) is 20.9. The predicted octanol–water partition coefficient (Wildman–Crippen LogP) is 6.59. The summed E-state index contributed by atoms with van der Waals surface area (Å²) in [6.45, 7) is 0. The average Bonchev–Trinajstić information content (AvgIpc) is 2.86. The first-order valence-electron chi connectivity index (χ1n) is 10.3. The van der Waals surface area contributed by atoms with Crippen LogP contribution in [0.1, 0.15) is 22.9 Å². The fourth-order valence-electron chi connectivity index (χ4n) is 3.77. The van der Waals surface area contributed by atoms with Crippen LogP contribution in [0.15, 0.2) is 115 Å². The van der Waals surface area contributed by atoms with Gasteiger partial charge in [0.2, 0.25) is 0 Å². The molecule has 0 unspecified atom stereocenters. The first-order valence-corrected chi connectivity index (χ1v) is 10.3. The molecule has 0 saturated carbocycles. The molecule has 0 aliphatic rings. The quantitative estimate of drug-likeness (QED) is 0.216. The number of nitrogens with zero attached hydrogens (tertiary/aromatic N) is 2. The number of hydrogen-bond acceptors (Lipinski definition) is 2. The van der Waals surface area contributed by atoms with Crippen LogP contribution >= 0.6 is 0 Å². The summed E-state index contributed by atoms with van der Waals surface area (Å²) in [5, 5.41) is 0. The van der Waals surface area contributed by atoms with E-state index in [1.165, 1.54) is 0 Å². The molecule has 0 N–H and O–H groups in total. The maximum absolute atomic E-state index is 5.02. The third-order valence-electron chi connectivity index (χ3n) is 5.24. The maximum atomic E-state index is 5.02. The minimum absolute atomic E-state index is 0. The van der Waals surface area contributed by atoms with Crippen molar-refractivity contribution in [2.45, 2.75) is 5.92 Å². The van der Waals surface area contributed by atoms with E-state index in [0.29, 0.717) is 0 Å². The maximum Gasteiger partial charge on any atom is 2.00 e. The second-order valence-electron chi connectivity index (χ2n) is 7.29. The molecule has 32 heavy (non-hydrogen) atoms. The van der Waals surface area contributed by atoms with Crippen LogP contribution in [0.5, 0.6) is 0 Å². The van der Waals surface area contributed by atoms with E-state index in [0.717, 1.165) is 39.5 Å². The molecule has 0 fully saturated rings. The number of rotatable bonds is 5. The van der Waals surface area contributed by atoms with Crippen molar-refractivity contribution in [2.75, 3.05) is 0 Å². The van der Waals surface area contributed by atoms with Crippen molar-refractivity contribution in [1.82, 2.24) is 9.97 Å². The van der Waals surface area contributed by atoms with Gasteiger partial charge in [-0.1, -0.05) is 54.6 Å². The summed E-state index contributed by atoms with van der Waals surface area (Å²) in [5.74, 6) is -0.0754. The van der Waals surface area contributed by atoms with Crippen LogP contribution in [-0.2, 0) is 21.1 Å². The van der Waals surface area contributed by atoms with Gasteiger partial charge in [-0.25, -0.2) is 0 Å². The molecular weight excluding hydrogens is 571 g/mol.